The molecule has 2 rings (SSSR count). The Hall–Kier alpha value is -1.22. The van der Waals surface area contributed by atoms with Crippen LogP contribution in [0.25, 0.3) is 0 Å². The Balaban J connectivity index is 2.06. The van der Waals surface area contributed by atoms with Crippen LogP contribution in [-0.2, 0) is 0 Å². The highest BCUT2D eigenvalue weighted by atomic mass is 16.3. The van der Waals surface area contributed by atoms with Crippen LogP contribution in [0, 0.1) is 5.92 Å². The van der Waals surface area contributed by atoms with E-state index in [-0.39, 0.29) is 6.10 Å². The fourth-order valence-corrected chi connectivity index (χ4v) is 2.32. The van der Waals surface area contributed by atoms with Crippen molar-refractivity contribution in [3.8, 4) is 0 Å². The van der Waals surface area contributed by atoms with E-state index in [0.717, 1.165) is 31.6 Å². The SMILES string of the molecule is C[C@H](O)[C@H]1CCCN(c2ccc(N)cc2)C1. The molecular weight excluding hydrogens is 200 g/mol. The van der Waals surface area contributed by atoms with Crippen LogP contribution in [-0.4, -0.2) is 24.3 Å². The molecule has 0 saturated carbocycles. The Morgan fingerprint density at radius 3 is 2.69 bits per heavy atom. The molecule has 0 spiro atoms. The molecule has 0 radical (unpaired) electrons. The van der Waals surface area contributed by atoms with Crippen molar-refractivity contribution in [2.45, 2.75) is 25.9 Å². The van der Waals surface area contributed by atoms with Gasteiger partial charge in [-0.25, -0.2) is 0 Å². The van der Waals surface area contributed by atoms with Crippen LogP contribution >= 0.6 is 0 Å². The molecule has 0 aromatic heterocycles. The molecule has 3 heteroatoms. The molecule has 2 atom stereocenters. The third-order valence-electron chi connectivity index (χ3n) is 3.40. The number of nitrogen functional groups attached to an aromatic ring is 1. The monoisotopic (exact) mass is 220 g/mol. The van der Waals surface area contributed by atoms with Crippen molar-refractivity contribution >= 4 is 11.4 Å². The summed E-state index contributed by atoms with van der Waals surface area (Å²) in [6, 6.07) is 7.97. The van der Waals surface area contributed by atoms with Crippen molar-refractivity contribution < 1.29 is 5.11 Å². The zero-order valence-corrected chi connectivity index (χ0v) is 9.76. The maximum Gasteiger partial charge on any atom is 0.0557 e. The van der Waals surface area contributed by atoms with Crippen molar-refractivity contribution in [3.63, 3.8) is 0 Å². The van der Waals surface area contributed by atoms with E-state index in [2.05, 4.69) is 17.0 Å². The van der Waals surface area contributed by atoms with Crippen LogP contribution in [0.5, 0.6) is 0 Å². The number of aliphatic hydroxyl groups is 1. The lowest BCUT2D eigenvalue weighted by molar-refractivity contribution is 0.115. The number of nitrogens with two attached hydrogens (primary N) is 1. The Bertz CT molecular complexity index is 334. The minimum Gasteiger partial charge on any atom is -0.399 e. The number of nitrogens with zero attached hydrogens (tertiary/aromatic N) is 1. The molecule has 3 N–H and O–H groups in total. The molecule has 16 heavy (non-hydrogen) atoms. The quantitative estimate of drug-likeness (QED) is 0.748. The van der Waals surface area contributed by atoms with Crippen LogP contribution in [0.3, 0.4) is 0 Å². The number of benzene rings is 1. The summed E-state index contributed by atoms with van der Waals surface area (Å²) < 4.78 is 0. The van der Waals surface area contributed by atoms with Crippen molar-refractivity contribution in [1.29, 1.82) is 0 Å². The van der Waals surface area contributed by atoms with Crippen LogP contribution in [0.1, 0.15) is 19.8 Å². The molecule has 3 nitrogen and oxygen atoms in total. The normalized spacial score (nSPS) is 23.1. The van der Waals surface area contributed by atoms with Crippen LogP contribution < -0.4 is 10.6 Å². The number of anilines is 2. The van der Waals surface area contributed by atoms with Crippen molar-refractivity contribution in [2.24, 2.45) is 5.92 Å². The second-order valence-corrected chi connectivity index (χ2v) is 4.68. The first-order chi connectivity index (χ1) is 7.66. The highest BCUT2D eigenvalue weighted by molar-refractivity contribution is 5.53. The summed E-state index contributed by atoms with van der Waals surface area (Å²) >= 11 is 0. The second kappa shape index (κ2) is 4.74. The van der Waals surface area contributed by atoms with Crippen LogP contribution in [0.2, 0.25) is 0 Å². The smallest absolute Gasteiger partial charge is 0.0557 e. The Kier molecular flexibility index (Phi) is 3.34. The van der Waals surface area contributed by atoms with E-state index in [1.165, 1.54) is 5.69 Å². The minimum absolute atomic E-state index is 0.211. The van der Waals surface area contributed by atoms with Gasteiger partial charge in [0.15, 0.2) is 0 Å². The number of rotatable bonds is 2. The number of piperidine rings is 1. The summed E-state index contributed by atoms with van der Waals surface area (Å²) in [4.78, 5) is 2.33. The van der Waals surface area contributed by atoms with Crippen LogP contribution in [0.4, 0.5) is 11.4 Å². The van der Waals surface area contributed by atoms with E-state index in [1.54, 1.807) is 0 Å². The first kappa shape index (κ1) is 11.3. The summed E-state index contributed by atoms with van der Waals surface area (Å²) in [5.41, 5.74) is 7.68. The lowest BCUT2D eigenvalue weighted by Crippen LogP contribution is -2.39. The molecule has 1 fully saturated rings. The lowest BCUT2D eigenvalue weighted by Gasteiger charge is -2.35. The zero-order chi connectivity index (χ0) is 11.5. The van der Waals surface area contributed by atoms with Gasteiger partial charge in [0.25, 0.3) is 0 Å². The molecule has 1 aromatic carbocycles. The number of hydrogen-bond acceptors (Lipinski definition) is 3. The van der Waals surface area contributed by atoms with Gasteiger partial charge in [-0.3, -0.25) is 0 Å². The first-order valence-electron chi connectivity index (χ1n) is 5.95. The van der Waals surface area contributed by atoms with Gasteiger partial charge in [0.1, 0.15) is 0 Å². The summed E-state index contributed by atoms with van der Waals surface area (Å²) in [6.07, 6.45) is 2.07. The maximum absolute atomic E-state index is 9.64. The minimum atomic E-state index is -0.211. The molecule has 88 valence electrons. The molecule has 0 bridgehead atoms. The maximum atomic E-state index is 9.64. The van der Waals surface area contributed by atoms with Crippen molar-refractivity contribution in [1.82, 2.24) is 0 Å². The topological polar surface area (TPSA) is 49.5 Å². The molecular formula is C13H20N2O. The van der Waals surface area contributed by atoms with Gasteiger partial charge in [0.2, 0.25) is 0 Å². The van der Waals surface area contributed by atoms with E-state index in [9.17, 15) is 5.11 Å². The standard InChI is InChI=1S/C13H20N2O/c1-10(16)11-3-2-8-15(9-11)13-6-4-12(14)5-7-13/h4-7,10-11,16H,2-3,8-9,14H2,1H3/t10-,11-/m0/s1. The van der Waals surface area contributed by atoms with Gasteiger partial charge in [0.05, 0.1) is 6.10 Å². The summed E-state index contributed by atoms with van der Waals surface area (Å²) in [6.45, 7) is 3.91. The molecule has 1 aliphatic rings. The van der Waals surface area contributed by atoms with Crippen molar-refractivity contribution in [3.05, 3.63) is 24.3 Å². The molecule has 1 saturated heterocycles. The number of aliphatic hydroxyl groups excluding tert-OH is 1. The Morgan fingerprint density at radius 1 is 1.38 bits per heavy atom. The molecule has 1 aliphatic heterocycles. The van der Waals surface area contributed by atoms with Crippen LogP contribution in [0.15, 0.2) is 24.3 Å². The van der Waals surface area contributed by atoms with Gasteiger partial charge in [-0.1, -0.05) is 0 Å². The Labute approximate surface area is 96.9 Å². The van der Waals surface area contributed by atoms with Gasteiger partial charge in [-0.05, 0) is 44.0 Å². The third-order valence-corrected chi connectivity index (χ3v) is 3.40. The van der Waals surface area contributed by atoms with Gasteiger partial charge >= 0.3 is 0 Å². The van der Waals surface area contributed by atoms with E-state index in [4.69, 9.17) is 5.73 Å². The largest absolute Gasteiger partial charge is 0.399 e. The van der Waals surface area contributed by atoms with E-state index < -0.39 is 0 Å². The second-order valence-electron chi connectivity index (χ2n) is 4.68. The molecule has 0 amide bonds. The van der Waals surface area contributed by atoms with E-state index in [1.807, 2.05) is 19.1 Å². The van der Waals surface area contributed by atoms with Gasteiger partial charge in [-0.2, -0.15) is 0 Å². The predicted molar refractivity (Wildman–Crippen MR) is 67.5 cm³/mol. The average Bonchev–Trinajstić information content (AvgIpc) is 2.30. The van der Waals surface area contributed by atoms with Gasteiger partial charge in [-0.15, -0.1) is 0 Å². The van der Waals surface area contributed by atoms with Gasteiger partial charge < -0.3 is 15.7 Å². The summed E-state index contributed by atoms with van der Waals surface area (Å²) in [5.74, 6) is 0.395. The van der Waals surface area contributed by atoms with E-state index >= 15 is 0 Å². The fourth-order valence-electron chi connectivity index (χ4n) is 2.32. The molecule has 0 aliphatic carbocycles. The average molecular weight is 220 g/mol. The van der Waals surface area contributed by atoms with E-state index in [0.29, 0.717) is 5.92 Å². The predicted octanol–water partition coefficient (Wildman–Crippen LogP) is 1.87. The lowest BCUT2D eigenvalue weighted by atomic mass is 9.93. The highest BCUT2D eigenvalue weighted by Crippen LogP contribution is 2.25. The van der Waals surface area contributed by atoms with Crippen molar-refractivity contribution in [2.75, 3.05) is 23.7 Å². The summed E-state index contributed by atoms with van der Waals surface area (Å²) in [5, 5.41) is 9.64. The summed E-state index contributed by atoms with van der Waals surface area (Å²) in [7, 11) is 0. The zero-order valence-electron chi connectivity index (χ0n) is 9.76. The Morgan fingerprint density at radius 2 is 2.06 bits per heavy atom. The molecule has 1 aromatic rings. The first-order valence-corrected chi connectivity index (χ1v) is 5.95. The number of hydrogen-bond donors (Lipinski definition) is 2. The molecule has 0 unspecified atom stereocenters. The van der Waals surface area contributed by atoms with Gasteiger partial charge in [0, 0.05) is 30.4 Å². The highest BCUT2D eigenvalue weighted by Gasteiger charge is 2.23. The molecule has 1 heterocycles. The third kappa shape index (κ3) is 2.47. The fraction of sp³-hybridized carbons (Fsp3) is 0.538.